The molecule has 1 aromatic heterocycles. The lowest BCUT2D eigenvalue weighted by atomic mass is 10.2. The van der Waals surface area contributed by atoms with Gasteiger partial charge in [0, 0.05) is 5.69 Å². The quantitative estimate of drug-likeness (QED) is 0.885. The van der Waals surface area contributed by atoms with Crippen LogP contribution < -0.4 is 5.32 Å². The normalized spacial score (nSPS) is 12.0. The molecule has 0 radical (unpaired) electrons. The highest BCUT2D eigenvalue weighted by Crippen LogP contribution is 2.21. The summed E-state index contributed by atoms with van der Waals surface area (Å²) in [5.74, 6) is -1.60. The Labute approximate surface area is 132 Å². The molecule has 0 aliphatic rings. The number of benzene rings is 1. The Kier molecular flexibility index (Phi) is 4.82. The molecule has 0 spiro atoms. The summed E-state index contributed by atoms with van der Waals surface area (Å²) < 4.78 is 1.55. The van der Waals surface area contributed by atoms with Gasteiger partial charge in [-0.25, -0.2) is 9.48 Å². The molecule has 0 aliphatic carbocycles. The number of carbonyl (C=O) groups is 2. The van der Waals surface area contributed by atoms with E-state index in [0.29, 0.717) is 17.1 Å². The van der Waals surface area contributed by atoms with E-state index in [4.69, 9.17) is 16.7 Å². The second kappa shape index (κ2) is 6.62. The minimum absolute atomic E-state index is 0.150. The number of nitrogens with zero attached hydrogens (tertiary/aromatic N) is 2. The van der Waals surface area contributed by atoms with Gasteiger partial charge in [0.15, 0.2) is 5.69 Å². The summed E-state index contributed by atoms with van der Waals surface area (Å²) in [4.78, 5) is 23.1. The topological polar surface area (TPSA) is 84.2 Å². The molecule has 6 nitrogen and oxygen atoms in total. The standard InChI is InChI=1S/C15H16ClN3O3/c1-3-11(15(21)22)17-14(20)12-8-9(2)19(18-12)13-7-5-4-6-10(13)16/h4-8,11H,3H2,1-2H3,(H,17,20)(H,21,22)/t11-/m1/s1. The predicted molar refractivity (Wildman–Crippen MR) is 82.5 cm³/mol. The Morgan fingerprint density at radius 1 is 1.41 bits per heavy atom. The van der Waals surface area contributed by atoms with Crippen LogP contribution in [0.3, 0.4) is 0 Å². The smallest absolute Gasteiger partial charge is 0.326 e. The van der Waals surface area contributed by atoms with Gasteiger partial charge in [-0.05, 0) is 31.5 Å². The summed E-state index contributed by atoms with van der Waals surface area (Å²) >= 11 is 6.13. The number of hydrogen-bond donors (Lipinski definition) is 2. The van der Waals surface area contributed by atoms with Gasteiger partial charge in [-0.15, -0.1) is 0 Å². The molecule has 0 bridgehead atoms. The maximum absolute atomic E-state index is 12.1. The second-order valence-electron chi connectivity index (χ2n) is 4.81. The van der Waals surface area contributed by atoms with E-state index in [1.165, 1.54) is 0 Å². The number of carboxylic acid groups (broad SMARTS) is 1. The van der Waals surface area contributed by atoms with E-state index in [9.17, 15) is 9.59 Å². The van der Waals surface area contributed by atoms with Crippen LogP contribution in [0.2, 0.25) is 5.02 Å². The first kappa shape index (κ1) is 16.0. The van der Waals surface area contributed by atoms with Crippen LogP contribution in [-0.4, -0.2) is 32.8 Å². The first-order valence-electron chi connectivity index (χ1n) is 6.79. The predicted octanol–water partition coefficient (Wildman–Crippen LogP) is 2.43. The average Bonchev–Trinajstić information content (AvgIpc) is 2.86. The van der Waals surface area contributed by atoms with Crippen molar-refractivity contribution in [3.8, 4) is 5.69 Å². The molecule has 0 aliphatic heterocycles. The van der Waals surface area contributed by atoms with Crippen molar-refractivity contribution >= 4 is 23.5 Å². The zero-order chi connectivity index (χ0) is 16.3. The number of carboxylic acids is 1. The Hall–Kier alpha value is -2.34. The van der Waals surface area contributed by atoms with Crippen LogP contribution in [-0.2, 0) is 4.79 Å². The van der Waals surface area contributed by atoms with Gasteiger partial charge in [-0.3, -0.25) is 4.79 Å². The van der Waals surface area contributed by atoms with Crippen LogP contribution in [0.5, 0.6) is 0 Å². The average molecular weight is 322 g/mol. The van der Waals surface area contributed by atoms with E-state index in [1.54, 1.807) is 42.8 Å². The second-order valence-corrected chi connectivity index (χ2v) is 5.21. The minimum Gasteiger partial charge on any atom is -0.480 e. The summed E-state index contributed by atoms with van der Waals surface area (Å²) in [5.41, 5.74) is 1.53. The van der Waals surface area contributed by atoms with Gasteiger partial charge in [-0.1, -0.05) is 30.7 Å². The van der Waals surface area contributed by atoms with E-state index in [1.807, 2.05) is 6.07 Å². The number of rotatable bonds is 5. The third-order valence-electron chi connectivity index (χ3n) is 3.21. The summed E-state index contributed by atoms with van der Waals surface area (Å²) in [6.07, 6.45) is 0.297. The summed E-state index contributed by atoms with van der Waals surface area (Å²) in [6.45, 7) is 3.48. The van der Waals surface area contributed by atoms with Crippen molar-refractivity contribution in [3.63, 3.8) is 0 Å². The van der Waals surface area contributed by atoms with Gasteiger partial charge in [0.25, 0.3) is 5.91 Å². The molecular weight excluding hydrogens is 306 g/mol. The minimum atomic E-state index is -1.07. The van der Waals surface area contributed by atoms with Gasteiger partial charge in [-0.2, -0.15) is 5.10 Å². The Bertz CT molecular complexity index is 712. The first-order chi connectivity index (χ1) is 10.4. The Balaban J connectivity index is 2.28. The number of aromatic nitrogens is 2. The summed E-state index contributed by atoms with van der Waals surface area (Å²) in [5, 5.41) is 16.2. The highest BCUT2D eigenvalue weighted by atomic mass is 35.5. The van der Waals surface area contributed by atoms with Crippen molar-refractivity contribution in [1.29, 1.82) is 0 Å². The number of para-hydroxylation sites is 1. The van der Waals surface area contributed by atoms with Crippen molar-refractivity contribution in [2.24, 2.45) is 0 Å². The lowest BCUT2D eigenvalue weighted by Gasteiger charge is -2.10. The Morgan fingerprint density at radius 2 is 2.09 bits per heavy atom. The van der Waals surface area contributed by atoms with Crippen LogP contribution in [0.25, 0.3) is 5.69 Å². The maximum atomic E-state index is 12.1. The molecule has 7 heteroatoms. The lowest BCUT2D eigenvalue weighted by molar-refractivity contribution is -0.139. The molecule has 116 valence electrons. The molecule has 1 amide bonds. The molecule has 0 saturated carbocycles. The van der Waals surface area contributed by atoms with Crippen LogP contribution in [0.4, 0.5) is 0 Å². The Morgan fingerprint density at radius 3 is 2.68 bits per heavy atom. The molecule has 0 fully saturated rings. The zero-order valence-corrected chi connectivity index (χ0v) is 13.0. The number of hydrogen-bond acceptors (Lipinski definition) is 3. The van der Waals surface area contributed by atoms with Gasteiger partial charge < -0.3 is 10.4 Å². The van der Waals surface area contributed by atoms with Gasteiger partial charge in [0.1, 0.15) is 6.04 Å². The molecule has 0 unspecified atom stereocenters. The van der Waals surface area contributed by atoms with Crippen LogP contribution in [0, 0.1) is 6.92 Å². The molecule has 0 saturated heterocycles. The fourth-order valence-electron chi connectivity index (χ4n) is 2.02. The molecule has 2 N–H and O–H groups in total. The van der Waals surface area contributed by atoms with Gasteiger partial charge >= 0.3 is 5.97 Å². The zero-order valence-electron chi connectivity index (χ0n) is 12.2. The SMILES string of the molecule is CC[C@@H](NC(=O)c1cc(C)n(-c2ccccc2Cl)n1)C(=O)O. The number of aliphatic carboxylic acids is 1. The third-order valence-corrected chi connectivity index (χ3v) is 3.53. The maximum Gasteiger partial charge on any atom is 0.326 e. The van der Waals surface area contributed by atoms with Gasteiger partial charge in [0.2, 0.25) is 0 Å². The molecule has 1 heterocycles. The van der Waals surface area contributed by atoms with Crippen LogP contribution >= 0.6 is 11.6 Å². The number of aryl methyl sites for hydroxylation is 1. The highest BCUT2D eigenvalue weighted by molar-refractivity contribution is 6.32. The monoisotopic (exact) mass is 321 g/mol. The van der Waals surface area contributed by atoms with E-state index in [-0.39, 0.29) is 5.69 Å². The number of carbonyl (C=O) groups excluding carboxylic acids is 1. The van der Waals surface area contributed by atoms with E-state index in [0.717, 1.165) is 5.69 Å². The lowest BCUT2D eigenvalue weighted by Crippen LogP contribution is -2.40. The fraction of sp³-hybridized carbons (Fsp3) is 0.267. The van der Waals surface area contributed by atoms with E-state index < -0.39 is 17.9 Å². The number of halogens is 1. The van der Waals surface area contributed by atoms with Gasteiger partial charge in [0.05, 0.1) is 10.7 Å². The van der Waals surface area contributed by atoms with Crippen molar-refractivity contribution in [2.75, 3.05) is 0 Å². The van der Waals surface area contributed by atoms with E-state index >= 15 is 0 Å². The van der Waals surface area contributed by atoms with Crippen LogP contribution in [0.1, 0.15) is 29.5 Å². The van der Waals surface area contributed by atoms with Crippen molar-refractivity contribution in [1.82, 2.24) is 15.1 Å². The molecule has 2 rings (SSSR count). The molecule has 1 aromatic carbocycles. The number of amides is 1. The molecule has 22 heavy (non-hydrogen) atoms. The number of nitrogens with one attached hydrogen (secondary N) is 1. The molecular formula is C15H16ClN3O3. The first-order valence-corrected chi connectivity index (χ1v) is 7.17. The summed E-state index contributed by atoms with van der Waals surface area (Å²) in [7, 11) is 0. The third kappa shape index (κ3) is 3.28. The fourth-order valence-corrected chi connectivity index (χ4v) is 2.24. The van der Waals surface area contributed by atoms with E-state index in [2.05, 4.69) is 10.4 Å². The van der Waals surface area contributed by atoms with Crippen molar-refractivity contribution < 1.29 is 14.7 Å². The van der Waals surface area contributed by atoms with Crippen LogP contribution in [0.15, 0.2) is 30.3 Å². The van der Waals surface area contributed by atoms with Crippen molar-refractivity contribution in [3.05, 3.63) is 46.7 Å². The van der Waals surface area contributed by atoms with Crippen molar-refractivity contribution in [2.45, 2.75) is 26.3 Å². The molecule has 1 atom stereocenters. The molecule has 2 aromatic rings. The highest BCUT2D eigenvalue weighted by Gasteiger charge is 2.21. The summed E-state index contributed by atoms with van der Waals surface area (Å²) in [6, 6.07) is 7.80. The largest absolute Gasteiger partial charge is 0.480 e.